The van der Waals surface area contributed by atoms with E-state index in [2.05, 4.69) is 5.32 Å². The van der Waals surface area contributed by atoms with Gasteiger partial charge in [-0.3, -0.25) is 9.69 Å². The number of benzene rings is 2. The van der Waals surface area contributed by atoms with Gasteiger partial charge >= 0.3 is 0 Å². The van der Waals surface area contributed by atoms with Crippen molar-refractivity contribution in [3.63, 3.8) is 0 Å². The van der Waals surface area contributed by atoms with Crippen LogP contribution in [0.5, 0.6) is 11.5 Å². The summed E-state index contributed by atoms with van der Waals surface area (Å²) in [6.07, 6.45) is 0. The van der Waals surface area contributed by atoms with Gasteiger partial charge < -0.3 is 14.8 Å². The van der Waals surface area contributed by atoms with Gasteiger partial charge in [0.1, 0.15) is 5.82 Å². The largest absolute Gasteiger partial charge is 0.454 e. The van der Waals surface area contributed by atoms with Crippen molar-refractivity contribution in [2.45, 2.75) is 12.6 Å². The van der Waals surface area contributed by atoms with Crippen molar-refractivity contribution in [2.75, 3.05) is 20.4 Å². The first-order chi connectivity index (χ1) is 14.1. The minimum absolute atomic E-state index is 0.101. The van der Waals surface area contributed by atoms with E-state index in [9.17, 15) is 9.18 Å². The second-order valence-corrected chi connectivity index (χ2v) is 7.91. The van der Waals surface area contributed by atoms with Crippen LogP contribution in [0.15, 0.2) is 60.0 Å². The molecule has 0 spiro atoms. The van der Waals surface area contributed by atoms with Gasteiger partial charge in [-0.25, -0.2) is 4.39 Å². The summed E-state index contributed by atoms with van der Waals surface area (Å²) in [6, 6.07) is 15.6. The Bertz CT molecular complexity index is 976. The Morgan fingerprint density at radius 2 is 1.97 bits per heavy atom. The van der Waals surface area contributed by atoms with Crippen molar-refractivity contribution < 1.29 is 18.7 Å². The maximum absolute atomic E-state index is 13.3. The maximum Gasteiger partial charge on any atom is 0.234 e. The van der Waals surface area contributed by atoms with Crippen LogP contribution in [0, 0.1) is 5.82 Å². The number of carbonyl (C=O) groups is 1. The molecule has 1 amide bonds. The molecule has 2 heterocycles. The zero-order chi connectivity index (χ0) is 20.2. The van der Waals surface area contributed by atoms with E-state index in [4.69, 9.17) is 9.47 Å². The predicted octanol–water partition coefficient (Wildman–Crippen LogP) is 3.95. The molecule has 0 saturated carbocycles. The molecule has 150 valence electrons. The van der Waals surface area contributed by atoms with Gasteiger partial charge in [0, 0.05) is 11.4 Å². The standard InChI is InChI=1S/C22H21FN2O3S/c1-25(12-15-4-9-18-19(11-15)28-14-27-18)13-21(26)24-22(20-3-2-10-29-20)16-5-7-17(23)8-6-16/h2-11,22H,12-14H2,1H3,(H,24,26)/t22-/m1/s1. The molecule has 0 fully saturated rings. The summed E-state index contributed by atoms with van der Waals surface area (Å²) in [5.74, 6) is 1.08. The van der Waals surface area contributed by atoms with E-state index < -0.39 is 0 Å². The summed E-state index contributed by atoms with van der Waals surface area (Å²) >= 11 is 1.56. The summed E-state index contributed by atoms with van der Waals surface area (Å²) in [5.41, 5.74) is 1.89. The molecule has 4 rings (SSSR count). The highest BCUT2D eigenvalue weighted by atomic mass is 32.1. The van der Waals surface area contributed by atoms with E-state index in [1.54, 1.807) is 23.5 Å². The topological polar surface area (TPSA) is 50.8 Å². The van der Waals surface area contributed by atoms with Gasteiger partial charge in [-0.2, -0.15) is 0 Å². The molecule has 0 unspecified atom stereocenters. The highest BCUT2D eigenvalue weighted by Gasteiger charge is 2.19. The number of halogens is 1. The Kier molecular flexibility index (Phi) is 5.78. The fourth-order valence-electron chi connectivity index (χ4n) is 3.29. The van der Waals surface area contributed by atoms with Crippen LogP contribution >= 0.6 is 11.3 Å². The third-order valence-electron chi connectivity index (χ3n) is 4.64. The summed E-state index contributed by atoms with van der Waals surface area (Å²) in [4.78, 5) is 15.6. The second-order valence-electron chi connectivity index (χ2n) is 6.93. The van der Waals surface area contributed by atoms with Crippen LogP contribution in [0.25, 0.3) is 0 Å². The molecule has 5 nitrogen and oxygen atoms in total. The van der Waals surface area contributed by atoms with Crippen molar-refractivity contribution in [2.24, 2.45) is 0 Å². The first-order valence-electron chi connectivity index (χ1n) is 9.24. The first-order valence-corrected chi connectivity index (χ1v) is 10.1. The van der Waals surface area contributed by atoms with Gasteiger partial charge in [-0.15, -0.1) is 11.3 Å². The number of nitrogens with one attached hydrogen (secondary N) is 1. The number of amides is 1. The zero-order valence-corrected chi connectivity index (χ0v) is 16.7. The summed E-state index contributed by atoms with van der Waals surface area (Å²) in [6.45, 7) is 1.08. The van der Waals surface area contributed by atoms with Gasteiger partial charge in [-0.1, -0.05) is 24.3 Å². The molecular weight excluding hydrogens is 391 g/mol. The van der Waals surface area contributed by atoms with Crippen LogP contribution in [0.3, 0.4) is 0 Å². The Labute approximate surface area is 172 Å². The Morgan fingerprint density at radius 3 is 2.72 bits per heavy atom. The number of likely N-dealkylation sites (N-methyl/N-ethyl adjacent to an activating group) is 1. The lowest BCUT2D eigenvalue weighted by molar-refractivity contribution is -0.122. The third kappa shape index (κ3) is 4.75. The van der Waals surface area contributed by atoms with E-state index >= 15 is 0 Å². The second kappa shape index (κ2) is 8.63. The monoisotopic (exact) mass is 412 g/mol. The number of carbonyl (C=O) groups excluding carboxylic acids is 1. The smallest absolute Gasteiger partial charge is 0.234 e. The fraction of sp³-hybridized carbons (Fsp3) is 0.227. The number of rotatable bonds is 7. The first kappa shape index (κ1) is 19.4. The molecule has 2 aromatic carbocycles. The van der Waals surface area contributed by atoms with Crippen molar-refractivity contribution >= 4 is 17.2 Å². The molecule has 1 aliphatic rings. The number of nitrogens with zero attached hydrogens (tertiary/aromatic N) is 1. The molecular formula is C22H21FN2O3S. The minimum atomic E-state index is -0.304. The van der Waals surface area contributed by atoms with Crippen LogP contribution in [0.1, 0.15) is 22.0 Å². The molecule has 0 radical (unpaired) electrons. The average molecular weight is 412 g/mol. The normalized spacial score (nSPS) is 13.5. The van der Waals surface area contributed by atoms with Crippen LogP contribution in [-0.4, -0.2) is 31.2 Å². The minimum Gasteiger partial charge on any atom is -0.454 e. The molecule has 0 aliphatic carbocycles. The van der Waals surface area contributed by atoms with Crippen molar-refractivity contribution in [1.82, 2.24) is 10.2 Å². The molecule has 1 atom stereocenters. The molecule has 7 heteroatoms. The SMILES string of the molecule is CN(CC(=O)N[C@H](c1ccc(F)cc1)c1cccs1)Cc1ccc2c(c1)OCO2. The van der Waals surface area contributed by atoms with E-state index in [1.807, 2.05) is 47.7 Å². The zero-order valence-electron chi connectivity index (χ0n) is 15.9. The van der Waals surface area contributed by atoms with E-state index in [-0.39, 0.29) is 31.1 Å². The number of fused-ring (bicyclic) bond motifs is 1. The molecule has 1 aliphatic heterocycles. The number of hydrogen-bond acceptors (Lipinski definition) is 5. The van der Waals surface area contributed by atoms with E-state index in [0.717, 1.165) is 27.5 Å². The van der Waals surface area contributed by atoms with Crippen LogP contribution < -0.4 is 14.8 Å². The van der Waals surface area contributed by atoms with Gasteiger partial charge in [0.25, 0.3) is 0 Å². The third-order valence-corrected chi connectivity index (χ3v) is 5.58. The molecule has 0 saturated heterocycles. The highest BCUT2D eigenvalue weighted by molar-refractivity contribution is 7.10. The lowest BCUT2D eigenvalue weighted by Gasteiger charge is -2.21. The van der Waals surface area contributed by atoms with Gasteiger partial charge in [0.05, 0.1) is 12.6 Å². The summed E-state index contributed by atoms with van der Waals surface area (Å²) < 4.78 is 24.0. The van der Waals surface area contributed by atoms with Crippen LogP contribution in [0.2, 0.25) is 0 Å². The highest BCUT2D eigenvalue weighted by Crippen LogP contribution is 2.32. The quantitative estimate of drug-likeness (QED) is 0.638. The van der Waals surface area contributed by atoms with Crippen LogP contribution in [-0.2, 0) is 11.3 Å². The van der Waals surface area contributed by atoms with Crippen molar-refractivity contribution in [3.8, 4) is 11.5 Å². The van der Waals surface area contributed by atoms with E-state index in [0.29, 0.717) is 6.54 Å². The van der Waals surface area contributed by atoms with Crippen LogP contribution in [0.4, 0.5) is 4.39 Å². The molecule has 29 heavy (non-hydrogen) atoms. The molecule has 3 aromatic rings. The Morgan fingerprint density at radius 1 is 1.17 bits per heavy atom. The van der Waals surface area contributed by atoms with Gasteiger partial charge in [0.15, 0.2) is 11.5 Å². The predicted molar refractivity (Wildman–Crippen MR) is 110 cm³/mol. The Balaban J connectivity index is 1.40. The Hall–Kier alpha value is -2.90. The average Bonchev–Trinajstić information content (AvgIpc) is 3.38. The van der Waals surface area contributed by atoms with E-state index in [1.165, 1.54) is 12.1 Å². The van der Waals surface area contributed by atoms with Gasteiger partial charge in [0.2, 0.25) is 12.7 Å². The molecule has 1 N–H and O–H groups in total. The van der Waals surface area contributed by atoms with Crippen molar-refractivity contribution in [3.05, 3.63) is 81.8 Å². The van der Waals surface area contributed by atoms with Crippen molar-refractivity contribution in [1.29, 1.82) is 0 Å². The number of hydrogen-bond donors (Lipinski definition) is 1. The molecule has 1 aromatic heterocycles. The number of ether oxygens (including phenoxy) is 2. The molecule has 0 bridgehead atoms. The number of thiophene rings is 1. The lowest BCUT2D eigenvalue weighted by atomic mass is 10.1. The summed E-state index contributed by atoms with van der Waals surface area (Å²) in [5, 5.41) is 5.04. The van der Waals surface area contributed by atoms with Gasteiger partial charge in [-0.05, 0) is 53.9 Å². The maximum atomic E-state index is 13.3. The summed E-state index contributed by atoms with van der Waals surface area (Å²) in [7, 11) is 1.89. The lowest BCUT2D eigenvalue weighted by Crippen LogP contribution is -2.37. The fourth-order valence-corrected chi connectivity index (χ4v) is 4.09.